The van der Waals surface area contributed by atoms with E-state index in [1.165, 1.54) is 57.6 Å². The quantitative estimate of drug-likeness (QED) is 0.523. The number of anilines is 1. The highest BCUT2D eigenvalue weighted by atomic mass is 35.5. The van der Waals surface area contributed by atoms with E-state index >= 15 is 0 Å². The van der Waals surface area contributed by atoms with Crippen LogP contribution in [-0.4, -0.2) is 26.0 Å². The van der Waals surface area contributed by atoms with Crippen molar-refractivity contribution in [1.82, 2.24) is 0 Å². The lowest BCUT2D eigenvalue weighted by atomic mass is 9.41. The highest BCUT2D eigenvalue weighted by molar-refractivity contribution is 6.32. The number of halogens is 1. The average Bonchev–Trinajstić information content (AvgIpc) is 3.08. The highest BCUT2D eigenvalue weighted by Crippen LogP contribution is 2.70. The molecule has 28 heavy (non-hydrogen) atoms. The van der Waals surface area contributed by atoms with E-state index < -0.39 is 0 Å². The lowest BCUT2D eigenvalue weighted by Gasteiger charge is -2.65. The summed E-state index contributed by atoms with van der Waals surface area (Å²) < 4.78 is 5.69. The molecule has 0 aromatic heterocycles. The molecular weight excluding hydrogens is 368 g/mol. The third-order valence-electron chi connectivity index (χ3n) is 8.48. The zero-order chi connectivity index (χ0) is 19.4. The van der Waals surface area contributed by atoms with Crippen molar-refractivity contribution < 1.29 is 4.74 Å². The zero-order valence-corrected chi connectivity index (χ0v) is 17.4. The van der Waals surface area contributed by atoms with E-state index in [2.05, 4.69) is 17.2 Å². The van der Waals surface area contributed by atoms with Gasteiger partial charge in [0.15, 0.2) is 0 Å². The number of nitrogens with one attached hydrogen (secondary N) is 2. The van der Waals surface area contributed by atoms with Crippen LogP contribution in [0.25, 0.3) is 0 Å². The highest BCUT2D eigenvalue weighted by Gasteiger charge is 2.65. The molecule has 1 aromatic rings. The summed E-state index contributed by atoms with van der Waals surface area (Å²) in [6.45, 7) is 0.891. The van der Waals surface area contributed by atoms with E-state index in [-0.39, 0.29) is 0 Å². The monoisotopic (exact) mass is 396 g/mol. The Morgan fingerprint density at radius 2 is 2.11 bits per heavy atom. The van der Waals surface area contributed by atoms with Crippen LogP contribution in [0.1, 0.15) is 62.5 Å². The van der Waals surface area contributed by atoms with Gasteiger partial charge in [0.25, 0.3) is 0 Å². The molecule has 5 rings (SSSR count). The number of ether oxygens (including phenoxy) is 1. The van der Waals surface area contributed by atoms with Crippen molar-refractivity contribution in [3.8, 4) is 11.8 Å². The van der Waals surface area contributed by atoms with Crippen LogP contribution in [-0.2, 0) is 4.74 Å². The van der Waals surface area contributed by atoms with Gasteiger partial charge in [-0.1, -0.05) is 29.9 Å². The fraction of sp³-hybridized carbons (Fsp3) is 0.625. The maximum Gasteiger partial charge on any atom is 0.0570 e. The summed E-state index contributed by atoms with van der Waals surface area (Å²) in [5, 5.41) is 12.5. The molecule has 4 heteroatoms. The van der Waals surface area contributed by atoms with Gasteiger partial charge in [-0.25, -0.2) is 0 Å². The Labute approximate surface area is 173 Å². The zero-order valence-electron chi connectivity index (χ0n) is 16.6. The fourth-order valence-electron chi connectivity index (χ4n) is 7.17. The second kappa shape index (κ2) is 6.78. The Kier molecular flexibility index (Phi) is 4.49. The van der Waals surface area contributed by atoms with Gasteiger partial charge in [-0.3, -0.25) is 0 Å². The van der Waals surface area contributed by atoms with Gasteiger partial charge in [0.05, 0.1) is 10.6 Å². The molecule has 0 amide bonds. The summed E-state index contributed by atoms with van der Waals surface area (Å²) in [6.07, 6.45) is 11.5. The van der Waals surface area contributed by atoms with Crippen molar-refractivity contribution in [3.05, 3.63) is 28.3 Å². The van der Waals surface area contributed by atoms with Gasteiger partial charge >= 0.3 is 0 Å². The molecule has 1 aromatic carbocycles. The first-order chi connectivity index (χ1) is 13.6. The number of rotatable bonds is 3. The molecule has 4 bridgehead atoms. The summed E-state index contributed by atoms with van der Waals surface area (Å²) in [6, 6.07) is 4.43. The fourth-order valence-corrected chi connectivity index (χ4v) is 7.38. The largest absolute Gasteiger partial charge is 0.384 e. The number of benzene rings is 1. The third-order valence-corrected chi connectivity index (χ3v) is 8.80. The van der Waals surface area contributed by atoms with Crippen molar-refractivity contribution in [1.29, 1.82) is 5.41 Å². The SMILES string of the molecule is COCC1CCCC12CCC1C#Cc3c(Cl)ccc(c3C=N)NC3CCC32C1. The van der Waals surface area contributed by atoms with Crippen LogP contribution in [0.5, 0.6) is 0 Å². The number of hydrogen-bond donors (Lipinski definition) is 2. The van der Waals surface area contributed by atoms with E-state index in [1.807, 2.05) is 19.2 Å². The van der Waals surface area contributed by atoms with Crippen LogP contribution >= 0.6 is 11.6 Å². The summed E-state index contributed by atoms with van der Waals surface area (Å²) in [4.78, 5) is 0. The van der Waals surface area contributed by atoms with E-state index in [9.17, 15) is 0 Å². The summed E-state index contributed by atoms with van der Waals surface area (Å²) in [5.74, 6) is 8.05. The minimum atomic E-state index is 0.306. The molecule has 1 aliphatic heterocycles. The van der Waals surface area contributed by atoms with Crippen LogP contribution in [0, 0.1) is 39.9 Å². The van der Waals surface area contributed by atoms with E-state index in [0.717, 1.165) is 23.4 Å². The summed E-state index contributed by atoms with van der Waals surface area (Å²) in [7, 11) is 1.86. The molecule has 5 atom stereocenters. The third kappa shape index (κ3) is 2.44. The molecule has 5 unspecified atom stereocenters. The molecule has 0 saturated heterocycles. The Balaban J connectivity index is 1.62. The lowest BCUT2D eigenvalue weighted by Crippen LogP contribution is -2.63. The topological polar surface area (TPSA) is 45.1 Å². The molecule has 2 N–H and O–H groups in total. The molecule has 1 heterocycles. The second-order valence-electron chi connectivity index (χ2n) is 9.33. The standard InChI is InChI=1S/C24H29ClN2O/c1-28-15-17-3-2-10-23(17)11-8-16-4-5-18-19(14-26)21(7-6-20(18)25)27-22-9-12-24(22,23)13-16/h6-7,14,16-17,22,26-27H,2-3,8-13,15H2,1H3. The predicted octanol–water partition coefficient (Wildman–Crippen LogP) is 5.50. The number of fused-ring (bicyclic) bond motifs is 3. The Morgan fingerprint density at radius 3 is 2.86 bits per heavy atom. The predicted molar refractivity (Wildman–Crippen MR) is 114 cm³/mol. The van der Waals surface area contributed by atoms with Crippen molar-refractivity contribution in [2.45, 2.75) is 57.4 Å². The van der Waals surface area contributed by atoms with E-state index in [0.29, 0.717) is 33.7 Å². The molecule has 3 fully saturated rings. The first-order valence-electron chi connectivity index (χ1n) is 10.7. The van der Waals surface area contributed by atoms with Gasteiger partial charge in [0, 0.05) is 43.1 Å². The molecule has 0 radical (unpaired) electrons. The molecule has 4 aliphatic rings. The minimum absolute atomic E-state index is 0.306. The van der Waals surface area contributed by atoms with Crippen molar-refractivity contribution in [3.63, 3.8) is 0 Å². The van der Waals surface area contributed by atoms with Crippen molar-refractivity contribution >= 4 is 23.5 Å². The van der Waals surface area contributed by atoms with Gasteiger partial charge in [-0.15, -0.1) is 0 Å². The molecule has 2 spiro atoms. The molecular formula is C24H29ClN2O. The van der Waals surface area contributed by atoms with Crippen LogP contribution in [0.3, 0.4) is 0 Å². The summed E-state index contributed by atoms with van der Waals surface area (Å²) >= 11 is 6.45. The van der Waals surface area contributed by atoms with E-state index in [1.54, 1.807) is 0 Å². The van der Waals surface area contributed by atoms with E-state index in [4.69, 9.17) is 21.7 Å². The van der Waals surface area contributed by atoms with Crippen LogP contribution in [0.2, 0.25) is 5.02 Å². The Morgan fingerprint density at radius 1 is 1.25 bits per heavy atom. The summed E-state index contributed by atoms with van der Waals surface area (Å²) in [5.41, 5.74) is 3.37. The first kappa shape index (κ1) is 18.5. The van der Waals surface area contributed by atoms with Crippen molar-refractivity contribution in [2.24, 2.45) is 22.7 Å². The normalized spacial score (nSPS) is 37.9. The number of hydrogen-bond acceptors (Lipinski definition) is 3. The van der Waals surface area contributed by atoms with Crippen LogP contribution in [0.4, 0.5) is 5.69 Å². The Bertz CT molecular complexity index is 871. The van der Waals surface area contributed by atoms with Gasteiger partial charge in [-0.05, 0) is 73.8 Å². The number of methoxy groups -OCH3 is 1. The smallest absolute Gasteiger partial charge is 0.0570 e. The van der Waals surface area contributed by atoms with Gasteiger partial charge in [-0.2, -0.15) is 0 Å². The van der Waals surface area contributed by atoms with Gasteiger partial charge in [0.1, 0.15) is 0 Å². The maximum atomic E-state index is 7.99. The average molecular weight is 397 g/mol. The van der Waals surface area contributed by atoms with Crippen LogP contribution in [0.15, 0.2) is 12.1 Å². The van der Waals surface area contributed by atoms with Crippen LogP contribution < -0.4 is 5.32 Å². The first-order valence-corrected chi connectivity index (χ1v) is 11.1. The maximum absolute atomic E-state index is 7.99. The molecule has 3 aliphatic carbocycles. The van der Waals surface area contributed by atoms with Gasteiger partial charge < -0.3 is 15.5 Å². The molecule has 148 valence electrons. The molecule has 3 saturated carbocycles. The van der Waals surface area contributed by atoms with Gasteiger partial charge in [0.2, 0.25) is 0 Å². The Hall–Kier alpha value is -1.50. The lowest BCUT2D eigenvalue weighted by molar-refractivity contribution is -0.133. The van der Waals surface area contributed by atoms with Crippen molar-refractivity contribution in [2.75, 3.05) is 19.0 Å². The minimum Gasteiger partial charge on any atom is -0.384 e. The molecule has 3 nitrogen and oxygen atoms in total. The second-order valence-corrected chi connectivity index (χ2v) is 9.74.